The number of nitrogens with one attached hydrogen (secondary N) is 1. The third kappa shape index (κ3) is 7.40. The lowest BCUT2D eigenvalue weighted by Crippen LogP contribution is -2.57. The summed E-state index contributed by atoms with van der Waals surface area (Å²) in [5.74, 6) is -1.07. The van der Waals surface area contributed by atoms with E-state index in [2.05, 4.69) is 5.32 Å². The number of benzene rings is 2. The normalized spacial score (nSPS) is 17.0. The second kappa shape index (κ2) is 12.2. The SMILES string of the molecule is CCOC(=O)[C@H](CCc1ccccc1)N[C@@H](C)C(=O)N1Cc2ccccc2C[C@H]1C(=O)OC(C)(C)C. The molecule has 0 saturated heterocycles. The summed E-state index contributed by atoms with van der Waals surface area (Å²) >= 11 is 0. The first-order valence-electron chi connectivity index (χ1n) is 12.7. The van der Waals surface area contributed by atoms with Gasteiger partial charge in [0.05, 0.1) is 12.6 Å². The van der Waals surface area contributed by atoms with Gasteiger partial charge in [0.15, 0.2) is 0 Å². The lowest BCUT2D eigenvalue weighted by molar-refractivity contribution is -0.166. The number of esters is 2. The van der Waals surface area contributed by atoms with Crippen molar-refractivity contribution >= 4 is 17.8 Å². The van der Waals surface area contributed by atoms with Crippen LogP contribution in [0.15, 0.2) is 54.6 Å². The van der Waals surface area contributed by atoms with E-state index in [0.29, 0.717) is 25.8 Å². The second-order valence-electron chi connectivity index (χ2n) is 10.2. The predicted octanol–water partition coefficient (Wildman–Crippen LogP) is 3.82. The Kier molecular flexibility index (Phi) is 9.26. The minimum absolute atomic E-state index is 0.255. The van der Waals surface area contributed by atoms with E-state index in [1.165, 1.54) is 0 Å². The van der Waals surface area contributed by atoms with Crippen LogP contribution in [0, 0.1) is 0 Å². The Morgan fingerprint density at radius 3 is 2.31 bits per heavy atom. The molecule has 0 unspecified atom stereocenters. The zero-order valence-corrected chi connectivity index (χ0v) is 22.0. The first kappa shape index (κ1) is 27.4. The quantitative estimate of drug-likeness (QED) is 0.534. The topological polar surface area (TPSA) is 84.9 Å². The molecule has 0 saturated carbocycles. The molecule has 2 aromatic rings. The van der Waals surface area contributed by atoms with Crippen molar-refractivity contribution < 1.29 is 23.9 Å². The molecule has 194 valence electrons. The van der Waals surface area contributed by atoms with Gasteiger partial charge in [0.1, 0.15) is 17.7 Å². The monoisotopic (exact) mass is 494 g/mol. The summed E-state index contributed by atoms with van der Waals surface area (Å²) in [4.78, 5) is 41.1. The van der Waals surface area contributed by atoms with Gasteiger partial charge in [-0.1, -0.05) is 54.6 Å². The zero-order chi connectivity index (χ0) is 26.3. The lowest BCUT2D eigenvalue weighted by atomic mass is 9.93. The Morgan fingerprint density at radius 2 is 1.67 bits per heavy atom. The highest BCUT2D eigenvalue weighted by Gasteiger charge is 2.39. The molecule has 0 fully saturated rings. The van der Waals surface area contributed by atoms with E-state index >= 15 is 0 Å². The van der Waals surface area contributed by atoms with Gasteiger partial charge in [0, 0.05) is 13.0 Å². The summed E-state index contributed by atoms with van der Waals surface area (Å²) in [5, 5.41) is 3.18. The van der Waals surface area contributed by atoms with Crippen molar-refractivity contribution in [2.24, 2.45) is 0 Å². The molecule has 36 heavy (non-hydrogen) atoms. The van der Waals surface area contributed by atoms with Crippen molar-refractivity contribution in [1.29, 1.82) is 0 Å². The molecule has 0 aliphatic carbocycles. The Bertz CT molecular complexity index is 1050. The van der Waals surface area contributed by atoms with Crippen LogP contribution in [0.4, 0.5) is 0 Å². The predicted molar refractivity (Wildman–Crippen MR) is 138 cm³/mol. The summed E-state index contributed by atoms with van der Waals surface area (Å²) in [5.41, 5.74) is 2.47. The van der Waals surface area contributed by atoms with Crippen LogP contribution in [0.1, 0.15) is 57.7 Å². The third-order valence-electron chi connectivity index (χ3n) is 6.17. The van der Waals surface area contributed by atoms with Gasteiger partial charge >= 0.3 is 11.9 Å². The standard InChI is InChI=1S/C29H38N2O5/c1-6-35-27(33)24(17-16-21-12-8-7-9-13-21)30-20(2)26(32)31-19-23-15-11-10-14-22(23)18-25(31)28(34)36-29(3,4)5/h7-15,20,24-25,30H,6,16-19H2,1-5H3/t20-,24-,25-/m0/s1. The number of aryl methyl sites for hydroxylation is 1. The molecule has 1 N–H and O–H groups in total. The Labute approximate surface area is 214 Å². The van der Waals surface area contributed by atoms with Gasteiger partial charge in [0.2, 0.25) is 5.91 Å². The minimum atomic E-state index is -0.735. The van der Waals surface area contributed by atoms with Crippen LogP contribution in [0.2, 0.25) is 0 Å². The molecule has 0 spiro atoms. The van der Waals surface area contributed by atoms with E-state index < -0.39 is 29.7 Å². The zero-order valence-electron chi connectivity index (χ0n) is 22.0. The van der Waals surface area contributed by atoms with E-state index in [9.17, 15) is 14.4 Å². The van der Waals surface area contributed by atoms with Crippen LogP contribution in [0.25, 0.3) is 0 Å². The van der Waals surface area contributed by atoms with Crippen LogP contribution in [0.3, 0.4) is 0 Å². The van der Waals surface area contributed by atoms with Crippen molar-refractivity contribution in [2.45, 2.75) is 84.2 Å². The van der Waals surface area contributed by atoms with E-state index in [1.54, 1.807) is 18.7 Å². The number of amides is 1. The molecule has 1 aliphatic rings. The molecule has 2 aromatic carbocycles. The maximum absolute atomic E-state index is 13.7. The van der Waals surface area contributed by atoms with E-state index in [1.807, 2.05) is 75.4 Å². The summed E-state index contributed by atoms with van der Waals surface area (Å²) in [6.07, 6.45) is 1.54. The number of fused-ring (bicyclic) bond motifs is 1. The van der Waals surface area contributed by atoms with Gasteiger partial charge in [-0.25, -0.2) is 4.79 Å². The number of carbonyl (C=O) groups excluding carboxylic acids is 3. The maximum atomic E-state index is 13.7. The number of carbonyl (C=O) groups is 3. The van der Waals surface area contributed by atoms with Crippen molar-refractivity contribution in [3.05, 3.63) is 71.3 Å². The molecule has 1 amide bonds. The van der Waals surface area contributed by atoms with Gasteiger partial charge in [-0.3, -0.25) is 14.9 Å². The number of ether oxygens (including phenoxy) is 2. The lowest BCUT2D eigenvalue weighted by Gasteiger charge is -2.38. The molecule has 1 aliphatic heterocycles. The first-order chi connectivity index (χ1) is 17.1. The van der Waals surface area contributed by atoms with Gasteiger partial charge < -0.3 is 14.4 Å². The van der Waals surface area contributed by atoms with Gasteiger partial charge in [0.25, 0.3) is 0 Å². The average Bonchev–Trinajstić information content (AvgIpc) is 2.84. The third-order valence-corrected chi connectivity index (χ3v) is 6.17. The summed E-state index contributed by atoms with van der Waals surface area (Å²) in [6, 6.07) is 15.6. The first-order valence-corrected chi connectivity index (χ1v) is 12.7. The maximum Gasteiger partial charge on any atom is 0.329 e. The smallest absolute Gasteiger partial charge is 0.329 e. The highest BCUT2D eigenvalue weighted by atomic mass is 16.6. The van der Waals surface area contributed by atoms with Crippen LogP contribution < -0.4 is 5.32 Å². The highest BCUT2D eigenvalue weighted by Crippen LogP contribution is 2.26. The molecule has 3 rings (SSSR count). The van der Waals surface area contributed by atoms with Crippen molar-refractivity contribution in [1.82, 2.24) is 10.2 Å². The van der Waals surface area contributed by atoms with Gasteiger partial charge in [-0.2, -0.15) is 0 Å². The number of rotatable bonds is 9. The van der Waals surface area contributed by atoms with Crippen molar-refractivity contribution in [3.8, 4) is 0 Å². The fourth-order valence-electron chi connectivity index (χ4n) is 4.42. The van der Waals surface area contributed by atoms with Gasteiger partial charge in [-0.05, 0) is 64.2 Å². The van der Waals surface area contributed by atoms with Gasteiger partial charge in [-0.15, -0.1) is 0 Å². The molecule has 0 aromatic heterocycles. The molecule has 7 heteroatoms. The molecular formula is C29H38N2O5. The van der Waals surface area contributed by atoms with E-state index in [0.717, 1.165) is 16.7 Å². The Hall–Kier alpha value is -3.19. The summed E-state index contributed by atoms with van der Waals surface area (Å²) in [6.45, 7) is 9.49. The molecule has 3 atom stereocenters. The molecular weight excluding hydrogens is 456 g/mol. The number of hydrogen-bond acceptors (Lipinski definition) is 6. The van der Waals surface area contributed by atoms with Crippen molar-refractivity contribution in [2.75, 3.05) is 6.61 Å². The number of nitrogens with zero attached hydrogens (tertiary/aromatic N) is 1. The molecule has 7 nitrogen and oxygen atoms in total. The summed E-state index contributed by atoms with van der Waals surface area (Å²) in [7, 11) is 0. The average molecular weight is 495 g/mol. The molecule has 0 bridgehead atoms. The molecule has 1 heterocycles. The highest BCUT2D eigenvalue weighted by molar-refractivity contribution is 5.89. The minimum Gasteiger partial charge on any atom is -0.465 e. The van der Waals surface area contributed by atoms with E-state index in [4.69, 9.17) is 9.47 Å². The van der Waals surface area contributed by atoms with Crippen molar-refractivity contribution in [3.63, 3.8) is 0 Å². The van der Waals surface area contributed by atoms with E-state index in [-0.39, 0.29) is 18.5 Å². The van der Waals surface area contributed by atoms with Crippen LogP contribution in [-0.2, 0) is 43.2 Å². The fourth-order valence-corrected chi connectivity index (χ4v) is 4.42. The Morgan fingerprint density at radius 1 is 1.03 bits per heavy atom. The fraction of sp³-hybridized carbons (Fsp3) is 0.483. The second-order valence-corrected chi connectivity index (χ2v) is 10.2. The summed E-state index contributed by atoms with van der Waals surface area (Å²) < 4.78 is 10.9. The van der Waals surface area contributed by atoms with Crippen LogP contribution in [0.5, 0.6) is 0 Å². The molecule has 0 radical (unpaired) electrons. The van der Waals surface area contributed by atoms with Crippen LogP contribution in [-0.4, -0.2) is 53.1 Å². The number of hydrogen-bond donors (Lipinski definition) is 1. The van der Waals surface area contributed by atoms with Crippen LogP contribution >= 0.6 is 0 Å². The largest absolute Gasteiger partial charge is 0.465 e. The Balaban J connectivity index is 1.78.